The summed E-state index contributed by atoms with van der Waals surface area (Å²) in [6.45, 7) is 6.48. The van der Waals surface area contributed by atoms with E-state index in [1.54, 1.807) is 0 Å². The molecular weight excluding hydrogens is 106 g/mol. The second kappa shape index (κ2) is 1.31. The minimum Gasteiger partial charge on any atom is -0.334 e. The highest BCUT2D eigenvalue weighted by atomic mass is 28.3. The Morgan fingerprint density at radius 1 is 1.43 bits per heavy atom. The van der Waals surface area contributed by atoms with Crippen LogP contribution in [0.2, 0.25) is 0 Å². The zero-order valence-electron chi connectivity index (χ0n) is 5.06. The van der Waals surface area contributed by atoms with E-state index in [-0.39, 0.29) is 15.5 Å². The normalized spacial score (nSPS) is 33.9. The van der Waals surface area contributed by atoms with Crippen LogP contribution >= 0.6 is 0 Å². The second-order valence-corrected chi connectivity index (χ2v) is 3.90. The third-order valence-electron chi connectivity index (χ3n) is 1.01. The van der Waals surface area contributed by atoms with E-state index in [0.717, 1.165) is 0 Å². The highest BCUT2D eigenvalue weighted by molar-refractivity contribution is 6.31. The number of rotatable bonds is 0. The van der Waals surface area contributed by atoms with Gasteiger partial charge in [-0.25, -0.2) is 0 Å². The van der Waals surface area contributed by atoms with Crippen molar-refractivity contribution in [1.82, 2.24) is 4.73 Å². The first-order valence-electron chi connectivity index (χ1n) is 2.51. The maximum absolute atomic E-state index is 5.05. The van der Waals surface area contributed by atoms with Gasteiger partial charge in [0.2, 0.25) is 0 Å². The van der Waals surface area contributed by atoms with Crippen molar-refractivity contribution in [3.05, 3.63) is 0 Å². The van der Waals surface area contributed by atoms with Crippen molar-refractivity contribution in [2.24, 2.45) is 0 Å². The summed E-state index contributed by atoms with van der Waals surface area (Å²) >= 11 is 0. The molecule has 1 unspecified atom stereocenters. The second-order valence-electron chi connectivity index (χ2n) is 2.81. The van der Waals surface area contributed by atoms with Gasteiger partial charge >= 0.3 is 0 Å². The average Bonchev–Trinajstić information content (AvgIpc) is 1.99. The van der Waals surface area contributed by atoms with Crippen molar-refractivity contribution in [3.63, 3.8) is 0 Å². The monoisotopic (exact) mass is 117 g/mol. The van der Waals surface area contributed by atoms with Gasteiger partial charge in [0.15, 0.2) is 0 Å². The van der Waals surface area contributed by atoms with Crippen LogP contribution in [0.5, 0.6) is 0 Å². The molecule has 0 aromatic rings. The van der Waals surface area contributed by atoms with E-state index in [1.165, 1.54) is 0 Å². The molecule has 0 bridgehead atoms. The van der Waals surface area contributed by atoms with Gasteiger partial charge in [0.25, 0.3) is 9.92 Å². The third-order valence-corrected chi connectivity index (χ3v) is 2.47. The van der Waals surface area contributed by atoms with Crippen LogP contribution in [0.3, 0.4) is 0 Å². The van der Waals surface area contributed by atoms with Gasteiger partial charge in [-0.3, -0.25) is 0 Å². The van der Waals surface area contributed by atoms with E-state index in [1.807, 2.05) is 0 Å². The lowest BCUT2D eigenvalue weighted by molar-refractivity contribution is 0.101. The molecule has 3 heteroatoms. The summed E-state index contributed by atoms with van der Waals surface area (Å²) in [5.41, 5.74) is 0.284. The Morgan fingerprint density at radius 2 is 1.86 bits per heavy atom. The molecule has 0 aromatic heterocycles. The molecular formula is C4H11NOSi. The van der Waals surface area contributed by atoms with Gasteiger partial charge in [-0.1, -0.05) is 0 Å². The van der Waals surface area contributed by atoms with Crippen LogP contribution < -0.4 is 0 Å². The summed E-state index contributed by atoms with van der Waals surface area (Å²) in [7, 11) is -0.190. The Balaban J connectivity index is 2.36. The van der Waals surface area contributed by atoms with Gasteiger partial charge in [0, 0.05) is 5.54 Å². The molecule has 0 aromatic carbocycles. The molecule has 1 heterocycles. The summed E-state index contributed by atoms with van der Waals surface area (Å²) in [5.74, 6) is 0. The van der Waals surface area contributed by atoms with Crippen molar-refractivity contribution >= 4 is 9.92 Å². The number of hydrogen-bond donors (Lipinski definition) is 0. The maximum Gasteiger partial charge on any atom is 0.287 e. The zero-order chi connectivity index (χ0) is 5.49. The fourth-order valence-corrected chi connectivity index (χ4v) is 1.25. The molecule has 0 spiro atoms. The molecule has 0 saturated carbocycles. The van der Waals surface area contributed by atoms with E-state index in [4.69, 9.17) is 4.53 Å². The van der Waals surface area contributed by atoms with Crippen molar-refractivity contribution < 1.29 is 4.53 Å². The highest BCUT2D eigenvalue weighted by Gasteiger charge is 2.32. The molecule has 1 aliphatic heterocycles. The largest absolute Gasteiger partial charge is 0.334 e. The van der Waals surface area contributed by atoms with Crippen LogP contribution in [0.25, 0.3) is 0 Å². The average molecular weight is 117 g/mol. The topological polar surface area (TPSA) is 15.5 Å². The molecule has 0 radical (unpaired) electrons. The lowest BCUT2D eigenvalue weighted by atomic mass is 10.1. The lowest BCUT2D eigenvalue weighted by Gasteiger charge is -2.15. The first kappa shape index (κ1) is 5.28. The van der Waals surface area contributed by atoms with Crippen LogP contribution in [0.4, 0.5) is 0 Å². The summed E-state index contributed by atoms with van der Waals surface area (Å²) in [5, 5.41) is 0. The molecule has 1 rings (SSSR count). The maximum atomic E-state index is 5.05. The molecule has 1 saturated heterocycles. The van der Waals surface area contributed by atoms with Gasteiger partial charge < -0.3 is 4.53 Å². The van der Waals surface area contributed by atoms with E-state index >= 15 is 0 Å². The zero-order valence-corrected chi connectivity index (χ0v) is 6.48. The highest BCUT2D eigenvalue weighted by Crippen LogP contribution is 2.19. The van der Waals surface area contributed by atoms with Crippen LogP contribution in [0.15, 0.2) is 0 Å². The Morgan fingerprint density at radius 3 is 1.86 bits per heavy atom. The fourth-order valence-electron chi connectivity index (χ4n) is 0.416. The quantitative estimate of drug-likeness (QED) is 0.328. The molecule has 0 N–H and O–H groups in total. The number of nitrogens with zero attached hydrogens (tertiary/aromatic N) is 1. The van der Waals surface area contributed by atoms with E-state index in [9.17, 15) is 0 Å². The van der Waals surface area contributed by atoms with Gasteiger partial charge in [0.1, 0.15) is 0 Å². The van der Waals surface area contributed by atoms with E-state index in [0.29, 0.717) is 0 Å². The van der Waals surface area contributed by atoms with Crippen molar-refractivity contribution in [2.75, 3.05) is 0 Å². The van der Waals surface area contributed by atoms with Gasteiger partial charge in [0.05, 0.1) is 0 Å². The van der Waals surface area contributed by atoms with Crippen LogP contribution in [0.1, 0.15) is 20.8 Å². The Hall–Kier alpha value is 0.137. The minimum atomic E-state index is -0.190. The molecule has 1 fully saturated rings. The molecule has 42 valence electrons. The van der Waals surface area contributed by atoms with Crippen molar-refractivity contribution in [2.45, 2.75) is 26.3 Å². The summed E-state index contributed by atoms with van der Waals surface area (Å²) in [6.07, 6.45) is 0. The summed E-state index contributed by atoms with van der Waals surface area (Å²) < 4.78 is 7.12. The van der Waals surface area contributed by atoms with Gasteiger partial charge in [-0.2, -0.15) is 4.73 Å². The van der Waals surface area contributed by atoms with Crippen LogP contribution in [-0.2, 0) is 4.53 Å². The lowest BCUT2D eigenvalue weighted by Crippen LogP contribution is -2.25. The first-order chi connectivity index (χ1) is 3.11. The first-order valence-corrected chi connectivity index (χ1v) is 3.72. The van der Waals surface area contributed by atoms with Gasteiger partial charge in [-0.05, 0) is 20.8 Å². The van der Waals surface area contributed by atoms with Crippen molar-refractivity contribution in [1.29, 1.82) is 0 Å². The van der Waals surface area contributed by atoms with Crippen LogP contribution in [0, 0.1) is 0 Å². The summed E-state index contributed by atoms with van der Waals surface area (Å²) in [4.78, 5) is 0. The Kier molecular flexibility index (Phi) is 0.984. The molecule has 2 nitrogen and oxygen atoms in total. The SMILES string of the molecule is CC(C)(C)N1O[SiH2]1. The number of hydroxylamine groups is 1. The molecule has 0 aliphatic carbocycles. The van der Waals surface area contributed by atoms with Crippen LogP contribution in [-0.4, -0.2) is 20.2 Å². The third kappa shape index (κ3) is 1.26. The van der Waals surface area contributed by atoms with Gasteiger partial charge in [-0.15, -0.1) is 0 Å². The predicted molar refractivity (Wildman–Crippen MR) is 31.2 cm³/mol. The standard InChI is InChI=1S/C4H11NOSi/c1-4(2,3)5-6-7-5/h7H2,1-3H3. The van der Waals surface area contributed by atoms with E-state index in [2.05, 4.69) is 25.5 Å². The predicted octanol–water partition coefficient (Wildman–Crippen LogP) is 0.0309. The Bertz CT molecular complexity index is 74.2. The molecule has 1 aliphatic rings. The van der Waals surface area contributed by atoms with Crippen molar-refractivity contribution in [3.8, 4) is 0 Å². The molecule has 1 atom stereocenters. The fraction of sp³-hybridized carbons (Fsp3) is 1.00. The smallest absolute Gasteiger partial charge is 0.287 e. The number of hydrogen-bond acceptors (Lipinski definition) is 2. The summed E-state index contributed by atoms with van der Waals surface area (Å²) in [6, 6.07) is 0. The minimum absolute atomic E-state index is 0.190. The Labute approximate surface area is 46.4 Å². The molecule has 7 heavy (non-hydrogen) atoms. The van der Waals surface area contributed by atoms with E-state index < -0.39 is 0 Å². The molecule has 0 amide bonds.